The molecule has 1 aliphatic carbocycles. The number of fused-ring (bicyclic) bond motifs is 1. The van der Waals surface area contributed by atoms with Gasteiger partial charge in [0.1, 0.15) is 23.7 Å². The van der Waals surface area contributed by atoms with Crippen LogP contribution in [-0.4, -0.2) is 12.0 Å². The van der Waals surface area contributed by atoms with Crippen LogP contribution < -0.4 is 11.1 Å². The second-order valence-electron chi connectivity index (χ2n) is 4.91. The lowest BCUT2D eigenvalue weighted by Crippen LogP contribution is -2.33. The summed E-state index contributed by atoms with van der Waals surface area (Å²) in [5, 5.41) is 3.90. The molecular weight excluding hydrogens is 372 g/mol. The molecule has 6 heteroatoms. The first-order valence-electron chi connectivity index (χ1n) is 6.37. The summed E-state index contributed by atoms with van der Waals surface area (Å²) in [6.45, 7) is 2.27. The molecule has 0 saturated heterocycles. The van der Waals surface area contributed by atoms with Crippen molar-refractivity contribution < 1.29 is 8.81 Å². The van der Waals surface area contributed by atoms with Gasteiger partial charge in [0, 0.05) is 17.0 Å². The highest BCUT2D eigenvalue weighted by Crippen LogP contribution is 2.26. The Hall–Kier alpha value is -1.31. The van der Waals surface area contributed by atoms with Crippen molar-refractivity contribution in [2.45, 2.75) is 32.4 Å². The predicted molar refractivity (Wildman–Crippen MR) is 87.8 cm³/mol. The third-order valence-corrected chi connectivity index (χ3v) is 3.32. The number of benzene rings is 1. The van der Waals surface area contributed by atoms with E-state index in [4.69, 9.17) is 10.2 Å². The maximum atomic E-state index is 13.2. The molecule has 0 spiro atoms. The van der Waals surface area contributed by atoms with E-state index in [9.17, 15) is 4.39 Å². The minimum Gasteiger partial charge on any atom is -0.459 e. The van der Waals surface area contributed by atoms with Gasteiger partial charge in [-0.2, -0.15) is 0 Å². The van der Waals surface area contributed by atoms with Gasteiger partial charge in [-0.25, -0.2) is 9.38 Å². The van der Waals surface area contributed by atoms with Crippen LogP contribution >= 0.6 is 24.0 Å². The lowest BCUT2D eigenvalue weighted by atomic mass is 10.1. The number of halogens is 2. The van der Waals surface area contributed by atoms with Crippen molar-refractivity contribution in [2.24, 2.45) is 10.7 Å². The molecule has 1 saturated carbocycles. The van der Waals surface area contributed by atoms with Crippen LogP contribution in [0, 0.1) is 12.7 Å². The highest BCUT2D eigenvalue weighted by Gasteiger charge is 2.21. The van der Waals surface area contributed by atoms with Crippen molar-refractivity contribution in [3.05, 3.63) is 35.3 Å². The number of hydrogen-bond acceptors (Lipinski definition) is 2. The molecular formula is C14H17FIN3O. The first-order chi connectivity index (χ1) is 9.13. The van der Waals surface area contributed by atoms with E-state index < -0.39 is 0 Å². The Morgan fingerprint density at radius 1 is 1.50 bits per heavy atom. The third kappa shape index (κ3) is 3.23. The zero-order valence-electron chi connectivity index (χ0n) is 11.1. The largest absolute Gasteiger partial charge is 0.459 e. The molecule has 0 unspecified atom stereocenters. The van der Waals surface area contributed by atoms with E-state index in [1.54, 1.807) is 6.07 Å². The van der Waals surface area contributed by atoms with Crippen LogP contribution in [0.4, 0.5) is 4.39 Å². The molecule has 0 amide bonds. The van der Waals surface area contributed by atoms with E-state index in [0.29, 0.717) is 24.1 Å². The van der Waals surface area contributed by atoms with E-state index in [0.717, 1.165) is 29.6 Å². The Balaban J connectivity index is 0.00000147. The summed E-state index contributed by atoms with van der Waals surface area (Å²) in [4.78, 5) is 4.25. The Morgan fingerprint density at radius 2 is 2.25 bits per heavy atom. The Labute approximate surface area is 133 Å². The summed E-state index contributed by atoms with van der Waals surface area (Å²) >= 11 is 0. The molecule has 1 aliphatic rings. The maximum absolute atomic E-state index is 13.2. The quantitative estimate of drug-likeness (QED) is 0.482. The van der Waals surface area contributed by atoms with E-state index in [1.165, 1.54) is 12.1 Å². The Morgan fingerprint density at radius 3 is 2.95 bits per heavy atom. The van der Waals surface area contributed by atoms with Gasteiger partial charge < -0.3 is 15.5 Å². The van der Waals surface area contributed by atoms with Gasteiger partial charge in [-0.1, -0.05) is 0 Å². The number of nitrogens with two attached hydrogens (primary N) is 1. The van der Waals surface area contributed by atoms with Gasteiger partial charge >= 0.3 is 0 Å². The van der Waals surface area contributed by atoms with Crippen molar-refractivity contribution >= 4 is 40.9 Å². The van der Waals surface area contributed by atoms with Crippen molar-refractivity contribution in [3.63, 3.8) is 0 Å². The summed E-state index contributed by atoms with van der Waals surface area (Å²) in [6.07, 6.45) is 2.30. The van der Waals surface area contributed by atoms with Crippen LogP contribution in [0.2, 0.25) is 0 Å². The molecule has 1 fully saturated rings. The number of furan rings is 1. The molecule has 1 aromatic carbocycles. The molecule has 0 atom stereocenters. The second kappa shape index (κ2) is 5.99. The number of rotatable bonds is 3. The fraction of sp³-hybridized carbons (Fsp3) is 0.357. The van der Waals surface area contributed by atoms with Gasteiger partial charge in [0.2, 0.25) is 0 Å². The first-order valence-corrected chi connectivity index (χ1v) is 6.37. The Bertz CT molecular complexity index is 649. The standard InChI is InChI=1S/C14H16FN3O.HI/c1-8-11-6-9(15)2-5-12(11)19-13(8)7-17-14(16)18-10-3-4-10;/h2,5-6,10H,3-4,7H2,1H3,(H3,16,17,18);1H. The fourth-order valence-electron chi connectivity index (χ4n) is 2.03. The maximum Gasteiger partial charge on any atom is 0.189 e. The number of nitrogens with one attached hydrogen (secondary N) is 1. The van der Waals surface area contributed by atoms with Gasteiger partial charge in [-0.3, -0.25) is 0 Å². The predicted octanol–water partition coefficient (Wildman–Crippen LogP) is 3.07. The van der Waals surface area contributed by atoms with Crippen molar-refractivity contribution in [2.75, 3.05) is 0 Å². The molecule has 0 aliphatic heterocycles. The summed E-state index contributed by atoms with van der Waals surface area (Å²) in [7, 11) is 0. The lowest BCUT2D eigenvalue weighted by Gasteiger charge is -2.02. The van der Waals surface area contributed by atoms with Crippen LogP contribution in [-0.2, 0) is 6.54 Å². The third-order valence-electron chi connectivity index (χ3n) is 3.32. The smallest absolute Gasteiger partial charge is 0.189 e. The Kier molecular flexibility index (Phi) is 4.52. The number of aryl methyl sites for hydroxylation is 1. The summed E-state index contributed by atoms with van der Waals surface area (Å²) < 4.78 is 18.9. The summed E-state index contributed by atoms with van der Waals surface area (Å²) in [5.41, 5.74) is 7.36. The number of hydrogen-bond donors (Lipinski definition) is 2. The van der Waals surface area contributed by atoms with Crippen molar-refractivity contribution in [1.29, 1.82) is 0 Å². The monoisotopic (exact) mass is 389 g/mol. The van der Waals surface area contributed by atoms with Crippen molar-refractivity contribution in [1.82, 2.24) is 5.32 Å². The molecule has 20 heavy (non-hydrogen) atoms. The lowest BCUT2D eigenvalue weighted by molar-refractivity contribution is 0.547. The number of aliphatic imine (C=N–C) groups is 1. The summed E-state index contributed by atoms with van der Waals surface area (Å²) in [6, 6.07) is 4.99. The molecule has 1 aromatic heterocycles. The molecule has 108 valence electrons. The topological polar surface area (TPSA) is 63.5 Å². The van der Waals surface area contributed by atoms with E-state index in [1.807, 2.05) is 6.92 Å². The van der Waals surface area contributed by atoms with Gasteiger partial charge in [-0.15, -0.1) is 24.0 Å². The molecule has 0 radical (unpaired) electrons. The minimum absolute atomic E-state index is 0. The van der Waals surface area contributed by atoms with Crippen LogP contribution in [0.15, 0.2) is 27.6 Å². The normalized spacial score (nSPS) is 15.2. The highest BCUT2D eigenvalue weighted by atomic mass is 127. The summed E-state index contributed by atoms with van der Waals surface area (Å²) in [5.74, 6) is 0.899. The molecule has 3 rings (SSSR count). The fourth-order valence-corrected chi connectivity index (χ4v) is 2.03. The second-order valence-corrected chi connectivity index (χ2v) is 4.91. The molecule has 2 aromatic rings. The van der Waals surface area contributed by atoms with Crippen LogP contribution in [0.3, 0.4) is 0 Å². The van der Waals surface area contributed by atoms with Gasteiger partial charge in [-0.05, 0) is 38.0 Å². The highest BCUT2D eigenvalue weighted by molar-refractivity contribution is 14.0. The van der Waals surface area contributed by atoms with Crippen molar-refractivity contribution in [3.8, 4) is 0 Å². The van der Waals surface area contributed by atoms with E-state index in [-0.39, 0.29) is 29.8 Å². The first kappa shape index (κ1) is 15.1. The van der Waals surface area contributed by atoms with E-state index >= 15 is 0 Å². The molecule has 0 bridgehead atoms. The molecule has 4 nitrogen and oxygen atoms in total. The van der Waals surface area contributed by atoms with Crippen LogP contribution in [0.1, 0.15) is 24.2 Å². The van der Waals surface area contributed by atoms with E-state index in [2.05, 4.69) is 10.3 Å². The minimum atomic E-state index is -0.263. The molecule has 1 heterocycles. The molecule has 3 N–H and O–H groups in total. The van der Waals surface area contributed by atoms with Crippen LogP contribution in [0.5, 0.6) is 0 Å². The zero-order valence-corrected chi connectivity index (χ0v) is 13.5. The van der Waals surface area contributed by atoms with Gasteiger partial charge in [0.05, 0.1) is 0 Å². The number of nitrogens with zero attached hydrogens (tertiary/aromatic N) is 1. The SMILES string of the molecule is Cc1c(CN=C(N)NC2CC2)oc2ccc(F)cc12.I. The van der Waals surface area contributed by atoms with Gasteiger partial charge in [0.25, 0.3) is 0 Å². The average Bonchev–Trinajstić information content (AvgIpc) is 3.13. The van der Waals surface area contributed by atoms with Crippen LogP contribution in [0.25, 0.3) is 11.0 Å². The average molecular weight is 389 g/mol. The number of guanidine groups is 1. The van der Waals surface area contributed by atoms with Gasteiger partial charge in [0.15, 0.2) is 5.96 Å². The zero-order chi connectivity index (χ0) is 13.4.